The van der Waals surface area contributed by atoms with Crippen LogP contribution in [0, 0.1) is 5.92 Å². The predicted octanol–water partition coefficient (Wildman–Crippen LogP) is 2.11. The van der Waals surface area contributed by atoms with Crippen LogP contribution < -0.4 is 4.74 Å². The molecule has 5 nitrogen and oxygen atoms in total. The predicted molar refractivity (Wildman–Crippen MR) is 82.9 cm³/mol. The van der Waals surface area contributed by atoms with Crippen molar-refractivity contribution in [2.45, 2.75) is 32.1 Å². The summed E-state index contributed by atoms with van der Waals surface area (Å²) < 4.78 is 31.8. The summed E-state index contributed by atoms with van der Waals surface area (Å²) in [6.45, 7) is 7.18. The first-order valence-electron chi connectivity index (χ1n) is 7.25. The number of ether oxygens (including phenoxy) is 1. The lowest BCUT2D eigenvalue weighted by Gasteiger charge is -2.20. The average molecular weight is 315 g/mol. The number of benzene rings is 1. The van der Waals surface area contributed by atoms with E-state index < -0.39 is 10.0 Å². The quantitative estimate of drug-likeness (QED) is 0.758. The van der Waals surface area contributed by atoms with Crippen LogP contribution in [0.1, 0.15) is 27.2 Å². The molecule has 0 saturated heterocycles. The van der Waals surface area contributed by atoms with Gasteiger partial charge in [0.05, 0.1) is 11.5 Å². The lowest BCUT2D eigenvalue weighted by Crippen LogP contribution is -2.32. The fourth-order valence-corrected chi connectivity index (χ4v) is 3.30. The molecule has 0 aromatic heterocycles. The molecule has 0 saturated carbocycles. The minimum atomic E-state index is -3.50. The summed E-state index contributed by atoms with van der Waals surface area (Å²) in [7, 11) is -3.50. The molecule has 0 aliphatic heterocycles. The summed E-state index contributed by atoms with van der Waals surface area (Å²) in [6.07, 6.45) is 0.433. The second-order valence-corrected chi connectivity index (χ2v) is 7.19. The molecule has 0 atom stereocenters. The molecule has 0 aliphatic carbocycles. The minimum Gasteiger partial charge on any atom is -0.493 e. The molecule has 0 spiro atoms. The van der Waals surface area contributed by atoms with E-state index in [1.54, 1.807) is 31.2 Å². The Morgan fingerprint density at radius 3 is 2.33 bits per heavy atom. The molecule has 0 unspecified atom stereocenters. The van der Waals surface area contributed by atoms with Crippen molar-refractivity contribution < 1.29 is 18.3 Å². The van der Waals surface area contributed by atoms with Gasteiger partial charge in [0.25, 0.3) is 0 Å². The highest BCUT2D eigenvalue weighted by Gasteiger charge is 2.22. The lowest BCUT2D eigenvalue weighted by molar-refractivity contribution is 0.270. The highest BCUT2D eigenvalue weighted by molar-refractivity contribution is 7.89. The van der Waals surface area contributed by atoms with E-state index in [4.69, 9.17) is 9.84 Å². The largest absolute Gasteiger partial charge is 0.493 e. The van der Waals surface area contributed by atoms with Crippen molar-refractivity contribution in [1.29, 1.82) is 0 Å². The fraction of sp³-hybridized carbons (Fsp3) is 0.600. The van der Waals surface area contributed by atoms with E-state index in [1.165, 1.54) is 4.31 Å². The smallest absolute Gasteiger partial charge is 0.243 e. The van der Waals surface area contributed by atoms with Crippen LogP contribution in [0.3, 0.4) is 0 Å². The van der Waals surface area contributed by atoms with Gasteiger partial charge in [-0.1, -0.05) is 20.8 Å². The van der Waals surface area contributed by atoms with Gasteiger partial charge >= 0.3 is 0 Å². The fourth-order valence-electron chi connectivity index (χ4n) is 1.82. The molecule has 0 amide bonds. The van der Waals surface area contributed by atoms with E-state index in [2.05, 4.69) is 13.8 Å². The van der Waals surface area contributed by atoms with Crippen LogP contribution in [0.5, 0.6) is 5.75 Å². The van der Waals surface area contributed by atoms with Crippen LogP contribution in [0.2, 0.25) is 0 Å². The van der Waals surface area contributed by atoms with Crippen molar-refractivity contribution in [2.24, 2.45) is 5.92 Å². The Hall–Kier alpha value is -1.11. The first-order chi connectivity index (χ1) is 9.91. The van der Waals surface area contributed by atoms with Gasteiger partial charge in [-0.3, -0.25) is 0 Å². The highest BCUT2D eigenvalue weighted by Crippen LogP contribution is 2.20. The maximum absolute atomic E-state index is 12.5. The van der Waals surface area contributed by atoms with Crippen LogP contribution in [-0.4, -0.2) is 44.1 Å². The van der Waals surface area contributed by atoms with Crippen molar-refractivity contribution in [3.63, 3.8) is 0 Å². The first kappa shape index (κ1) is 17.9. The van der Waals surface area contributed by atoms with Crippen molar-refractivity contribution in [1.82, 2.24) is 4.31 Å². The summed E-state index contributed by atoms with van der Waals surface area (Å²) >= 11 is 0. The third kappa shape index (κ3) is 5.30. The topological polar surface area (TPSA) is 66.8 Å². The molecule has 1 aromatic carbocycles. The van der Waals surface area contributed by atoms with Gasteiger partial charge < -0.3 is 9.84 Å². The molecule has 0 aliphatic rings. The van der Waals surface area contributed by atoms with E-state index in [9.17, 15) is 8.42 Å². The van der Waals surface area contributed by atoms with Crippen molar-refractivity contribution in [2.75, 3.05) is 26.3 Å². The maximum atomic E-state index is 12.5. The number of sulfonamides is 1. The van der Waals surface area contributed by atoms with Crippen LogP contribution >= 0.6 is 0 Å². The molecule has 0 radical (unpaired) electrons. The van der Waals surface area contributed by atoms with Gasteiger partial charge in [-0.15, -0.1) is 0 Å². The summed E-state index contributed by atoms with van der Waals surface area (Å²) in [6, 6.07) is 6.48. The van der Waals surface area contributed by atoms with Gasteiger partial charge in [0, 0.05) is 19.7 Å². The Kier molecular flexibility index (Phi) is 7.14. The second kappa shape index (κ2) is 8.36. The third-order valence-electron chi connectivity index (χ3n) is 2.96. The van der Waals surface area contributed by atoms with Crippen molar-refractivity contribution in [3.05, 3.63) is 24.3 Å². The number of nitrogens with zero attached hydrogens (tertiary/aromatic N) is 1. The zero-order chi connectivity index (χ0) is 15.9. The van der Waals surface area contributed by atoms with E-state index >= 15 is 0 Å². The van der Waals surface area contributed by atoms with Crippen molar-refractivity contribution >= 4 is 10.0 Å². The Labute approximate surface area is 127 Å². The van der Waals surface area contributed by atoms with Gasteiger partial charge in [-0.05, 0) is 36.6 Å². The molecule has 1 N–H and O–H groups in total. The van der Waals surface area contributed by atoms with Gasteiger partial charge in [-0.2, -0.15) is 4.31 Å². The summed E-state index contributed by atoms with van der Waals surface area (Å²) in [4.78, 5) is 0.249. The molecule has 6 heteroatoms. The summed E-state index contributed by atoms with van der Waals surface area (Å²) in [5, 5.41) is 8.85. The summed E-state index contributed by atoms with van der Waals surface area (Å²) in [5.74, 6) is 1.09. The molecular weight excluding hydrogens is 290 g/mol. The number of aliphatic hydroxyl groups excluding tert-OH is 1. The Balaban J connectivity index is 2.83. The SMILES string of the molecule is CCN(CCCO)S(=O)(=O)c1ccc(OCC(C)C)cc1. The van der Waals surface area contributed by atoms with Crippen LogP contribution in [0.25, 0.3) is 0 Å². The molecule has 1 rings (SSSR count). The molecule has 120 valence electrons. The Bertz CT molecular complexity index is 511. The third-order valence-corrected chi connectivity index (χ3v) is 4.95. The van der Waals surface area contributed by atoms with E-state index in [1.807, 2.05) is 0 Å². The second-order valence-electron chi connectivity index (χ2n) is 5.25. The average Bonchev–Trinajstić information content (AvgIpc) is 2.46. The van der Waals surface area contributed by atoms with Gasteiger partial charge in [-0.25, -0.2) is 8.42 Å². The monoisotopic (exact) mass is 315 g/mol. The molecule has 0 fully saturated rings. The number of rotatable bonds is 9. The van der Waals surface area contributed by atoms with Crippen LogP contribution in [0.4, 0.5) is 0 Å². The van der Waals surface area contributed by atoms with E-state index in [0.29, 0.717) is 37.8 Å². The number of hydrogen-bond donors (Lipinski definition) is 1. The van der Waals surface area contributed by atoms with Crippen molar-refractivity contribution in [3.8, 4) is 5.75 Å². The number of aliphatic hydroxyl groups is 1. The standard InChI is InChI=1S/C15H25NO4S/c1-4-16(10-5-11-17)21(18,19)15-8-6-14(7-9-15)20-12-13(2)3/h6-9,13,17H,4-5,10-12H2,1-3H3. The van der Waals surface area contributed by atoms with E-state index in [0.717, 1.165) is 0 Å². The Morgan fingerprint density at radius 2 is 1.86 bits per heavy atom. The molecule has 21 heavy (non-hydrogen) atoms. The van der Waals surface area contributed by atoms with Gasteiger partial charge in [0.2, 0.25) is 10.0 Å². The molecular formula is C15H25NO4S. The first-order valence-corrected chi connectivity index (χ1v) is 8.69. The zero-order valence-electron chi connectivity index (χ0n) is 12.9. The van der Waals surface area contributed by atoms with Gasteiger partial charge in [0.15, 0.2) is 0 Å². The maximum Gasteiger partial charge on any atom is 0.243 e. The summed E-state index contributed by atoms with van der Waals surface area (Å²) in [5.41, 5.74) is 0. The van der Waals surface area contributed by atoms with Gasteiger partial charge in [0.1, 0.15) is 5.75 Å². The minimum absolute atomic E-state index is 0.0198. The molecule has 1 aromatic rings. The molecule has 0 bridgehead atoms. The molecule has 0 heterocycles. The normalized spacial score (nSPS) is 12.1. The highest BCUT2D eigenvalue weighted by atomic mass is 32.2. The van der Waals surface area contributed by atoms with Crippen LogP contribution in [-0.2, 0) is 10.0 Å². The zero-order valence-corrected chi connectivity index (χ0v) is 13.8. The lowest BCUT2D eigenvalue weighted by atomic mass is 10.2. The van der Waals surface area contributed by atoms with Crippen LogP contribution in [0.15, 0.2) is 29.2 Å². The van der Waals surface area contributed by atoms with E-state index in [-0.39, 0.29) is 11.5 Å². The Morgan fingerprint density at radius 1 is 1.24 bits per heavy atom. The number of hydrogen-bond acceptors (Lipinski definition) is 4.